The fourth-order valence-electron chi connectivity index (χ4n) is 2.52. The van der Waals surface area contributed by atoms with Gasteiger partial charge in [-0.25, -0.2) is 4.79 Å². The van der Waals surface area contributed by atoms with Crippen molar-refractivity contribution in [3.05, 3.63) is 70.8 Å². The third-order valence-corrected chi connectivity index (χ3v) is 3.77. The fraction of sp³-hybridized carbons (Fsp3) is 0.300. The van der Waals surface area contributed by atoms with E-state index in [4.69, 9.17) is 4.74 Å². The molecule has 126 valence electrons. The Morgan fingerprint density at radius 2 is 1.67 bits per heavy atom. The van der Waals surface area contributed by atoms with Gasteiger partial charge in [0.2, 0.25) is 0 Å². The smallest absolute Gasteiger partial charge is 0.338 e. The number of hydrogen-bond acceptors (Lipinski definition) is 3. The number of benzene rings is 2. The predicted molar refractivity (Wildman–Crippen MR) is 94.1 cm³/mol. The van der Waals surface area contributed by atoms with E-state index in [1.165, 1.54) is 0 Å². The zero-order valence-corrected chi connectivity index (χ0v) is 14.3. The minimum Gasteiger partial charge on any atom is -0.452 e. The molecule has 24 heavy (non-hydrogen) atoms. The number of esters is 1. The average molecular weight is 325 g/mol. The van der Waals surface area contributed by atoms with Gasteiger partial charge in [0, 0.05) is 6.54 Å². The quantitative estimate of drug-likeness (QED) is 0.828. The van der Waals surface area contributed by atoms with Gasteiger partial charge in [0.25, 0.3) is 5.91 Å². The Bertz CT molecular complexity index is 690. The van der Waals surface area contributed by atoms with Crippen LogP contribution in [-0.2, 0) is 9.53 Å². The number of amides is 1. The lowest BCUT2D eigenvalue weighted by atomic mass is 10.0. The van der Waals surface area contributed by atoms with E-state index in [2.05, 4.69) is 5.32 Å². The molecule has 0 saturated carbocycles. The molecule has 0 aromatic heterocycles. The zero-order valence-electron chi connectivity index (χ0n) is 14.3. The van der Waals surface area contributed by atoms with Crippen molar-refractivity contribution in [3.63, 3.8) is 0 Å². The van der Waals surface area contributed by atoms with Gasteiger partial charge in [-0.15, -0.1) is 0 Å². The molecule has 2 rings (SSSR count). The second-order valence-electron chi connectivity index (χ2n) is 6.07. The predicted octanol–water partition coefficient (Wildman–Crippen LogP) is 3.38. The maximum atomic E-state index is 12.0. The van der Waals surface area contributed by atoms with E-state index in [1.807, 2.05) is 57.2 Å². The van der Waals surface area contributed by atoms with Crippen molar-refractivity contribution in [2.24, 2.45) is 0 Å². The lowest BCUT2D eigenvalue weighted by molar-refractivity contribution is -0.124. The van der Waals surface area contributed by atoms with E-state index in [0.29, 0.717) is 12.1 Å². The number of nitrogens with one attached hydrogen (secondary N) is 1. The first-order valence-electron chi connectivity index (χ1n) is 8.03. The molecule has 0 aliphatic heterocycles. The van der Waals surface area contributed by atoms with Crippen molar-refractivity contribution in [1.29, 1.82) is 0 Å². The Morgan fingerprint density at radius 1 is 1.04 bits per heavy atom. The van der Waals surface area contributed by atoms with Gasteiger partial charge in [-0.3, -0.25) is 4.79 Å². The molecular weight excluding hydrogens is 302 g/mol. The summed E-state index contributed by atoms with van der Waals surface area (Å²) in [6.45, 7) is 6.11. The van der Waals surface area contributed by atoms with Gasteiger partial charge in [0.05, 0.1) is 5.56 Å². The molecule has 1 N–H and O–H groups in total. The van der Waals surface area contributed by atoms with Crippen molar-refractivity contribution < 1.29 is 14.3 Å². The van der Waals surface area contributed by atoms with Crippen LogP contribution in [0.2, 0.25) is 0 Å². The Hall–Kier alpha value is -2.62. The number of ether oxygens (including phenoxy) is 1. The minimum absolute atomic E-state index is 0.199. The summed E-state index contributed by atoms with van der Waals surface area (Å²) < 4.78 is 5.09. The van der Waals surface area contributed by atoms with Crippen LogP contribution in [0.1, 0.15) is 39.9 Å². The molecule has 1 amide bonds. The second kappa shape index (κ2) is 8.29. The highest BCUT2D eigenvalue weighted by Crippen LogP contribution is 2.13. The Morgan fingerprint density at radius 3 is 2.29 bits per heavy atom. The van der Waals surface area contributed by atoms with E-state index in [-0.39, 0.29) is 18.4 Å². The van der Waals surface area contributed by atoms with Crippen LogP contribution < -0.4 is 5.32 Å². The number of aryl methyl sites for hydroxylation is 2. The van der Waals surface area contributed by atoms with Gasteiger partial charge in [-0.05, 0) is 37.5 Å². The molecule has 1 atom stereocenters. The average Bonchev–Trinajstić information content (AvgIpc) is 2.57. The summed E-state index contributed by atoms with van der Waals surface area (Å²) in [5.74, 6) is -0.575. The van der Waals surface area contributed by atoms with E-state index in [1.54, 1.807) is 12.1 Å². The summed E-state index contributed by atoms with van der Waals surface area (Å²) >= 11 is 0. The van der Waals surface area contributed by atoms with Crippen LogP contribution in [0.5, 0.6) is 0 Å². The molecule has 0 aliphatic carbocycles. The van der Waals surface area contributed by atoms with E-state index >= 15 is 0 Å². The third-order valence-electron chi connectivity index (χ3n) is 3.77. The van der Waals surface area contributed by atoms with E-state index < -0.39 is 5.97 Å². The standard InChI is InChI=1S/C20H23NO3/c1-14-9-15(2)11-18(10-14)20(23)24-13-19(22)21-12-16(3)17-7-5-4-6-8-17/h4-11,16H,12-13H2,1-3H3,(H,21,22)/t16-/m1/s1. The molecular formula is C20H23NO3. The topological polar surface area (TPSA) is 55.4 Å². The highest BCUT2D eigenvalue weighted by Gasteiger charge is 2.12. The summed E-state index contributed by atoms with van der Waals surface area (Å²) in [6, 6.07) is 15.4. The van der Waals surface area contributed by atoms with Crippen molar-refractivity contribution in [3.8, 4) is 0 Å². The molecule has 0 radical (unpaired) electrons. The number of carbonyl (C=O) groups is 2. The molecule has 0 bridgehead atoms. The molecule has 4 nitrogen and oxygen atoms in total. The highest BCUT2D eigenvalue weighted by atomic mass is 16.5. The lowest BCUT2D eigenvalue weighted by Crippen LogP contribution is -2.31. The van der Waals surface area contributed by atoms with Crippen molar-refractivity contribution in [2.45, 2.75) is 26.7 Å². The molecule has 0 spiro atoms. The molecule has 0 unspecified atom stereocenters. The first kappa shape index (κ1) is 17.7. The zero-order chi connectivity index (χ0) is 17.5. The highest BCUT2D eigenvalue weighted by molar-refractivity contribution is 5.91. The van der Waals surface area contributed by atoms with Gasteiger partial charge < -0.3 is 10.1 Å². The van der Waals surface area contributed by atoms with E-state index in [9.17, 15) is 9.59 Å². The Kier molecular flexibility index (Phi) is 6.13. The van der Waals surface area contributed by atoms with Gasteiger partial charge >= 0.3 is 5.97 Å². The summed E-state index contributed by atoms with van der Waals surface area (Å²) in [5, 5.41) is 2.79. The molecule has 0 saturated heterocycles. The summed E-state index contributed by atoms with van der Waals surface area (Å²) in [6.07, 6.45) is 0. The van der Waals surface area contributed by atoms with Crippen molar-refractivity contribution >= 4 is 11.9 Å². The summed E-state index contributed by atoms with van der Waals surface area (Å²) in [7, 11) is 0. The molecule has 4 heteroatoms. The Balaban J connectivity index is 1.79. The van der Waals surface area contributed by atoms with Crippen LogP contribution in [0.3, 0.4) is 0 Å². The van der Waals surface area contributed by atoms with Gasteiger partial charge in [-0.2, -0.15) is 0 Å². The maximum Gasteiger partial charge on any atom is 0.338 e. The van der Waals surface area contributed by atoms with Crippen LogP contribution in [0.15, 0.2) is 48.5 Å². The van der Waals surface area contributed by atoms with Gasteiger partial charge in [0.1, 0.15) is 0 Å². The van der Waals surface area contributed by atoms with Crippen LogP contribution in [-0.4, -0.2) is 25.0 Å². The van der Waals surface area contributed by atoms with Crippen LogP contribution >= 0.6 is 0 Å². The fourth-order valence-corrected chi connectivity index (χ4v) is 2.52. The van der Waals surface area contributed by atoms with E-state index in [0.717, 1.165) is 16.7 Å². The lowest BCUT2D eigenvalue weighted by Gasteiger charge is -2.13. The molecule has 0 aliphatic rings. The minimum atomic E-state index is -0.479. The molecule has 2 aromatic carbocycles. The van der Waals surface area contributed by atoms with Crippen molar-refractivity contribution in [2.75, 3.05) is 13.2 Å². The maximum absolute atomic E-state index is 12.0. The normalized spacial score (nSPS) is 11.6. The molecule has 2 aromatic rings. The SMILES string of the molecule is Cc1cc(C)cc(C(=O)OCC(=O)NC[C@@H](C)c2ccccc2)c1. The number of carbonyl (C=O) groups excluding carboxylic acids is 2. The van der Waals surface area contributed by atoms with Gasteiger partial charge in [-0.1, -0.05) is 54.4 Å². The Labute approximate surface area is 142 Å². The van der Waals surface area contributed by atoms with Crippen LogP contribution in [0.25, 0.3) is 0 Å². The number of rotatable bonds is 6. The first-order chi connectivity index (χ1) is 11.5. The summed E-state index contributed by atoms with van der Waals surface area (Å²) in [5.41, 5.74) is 3.61. The number of hydrogen-bond donors (Lipinski definition) is 1. The largest absolute Gasteiger partial charge is 0.452 e. The van der Waals surface area contributed by atoms with Gasteiger partial charge in [0.15, 0.2) is 6.61 Å². The second-order valence-corrected chi connectivity index (χ2v) is 6.07. The molecule has 0 fully saturated rings. The van der Waals surface area contributed by atoms with Crippen LogP contribution in [0.4, 0.5) is 0 Å². The summed E-state index contributed by atoms with van der Waals surface area (Å²) in [4.78, 5) is 23.9. The van der Waals surface area contributed by atoms with Crippen LogP contribution in [0, 0.1) is 13.8 Å². The monoisotopic (exact) mass is 325 g/mol. The van der Waals surface area contributed by atoms with Crippen molar-refractivity contribution in [1.82, 2.24) is 5.32 Å². The third kappa shape index (κ3) is 5.23. The first-order valence-corrected chi connectivity index (χ1v) is 8.03. The molecule has 0 heterocycles.